The number of esters is 1. The fourth-order valence-corrected chi connectivity index (χ4v) is 1.70. The quantitative estimate of drug-likeness (QED) is 0.665. The first-order chi connectivity index (χ1) is 8.61. The smallest absolute Gasteiger partial charge is 0.339 e. The first kappa shape index (κ1) is 12.1. The highest BCUT2D eigenvalue weighted by molar-refractivity contribution is 6.09. The molecule has 1 aromatic carbocycles. The van der Waals surface area contributed by atoms with Crippen LogP contribution in [0.3, 0.4) is 0 Å². The number of methoxy groups -OCH3 is 1. The normalized spacial score (nSPS) is 10.1. The minimum Gasteiger partial charge on any atom is -0.465 e. The fraction of sp³-hybridized carbons (Fsp3) is 0.143. The molecule has 0 fully saturated rings. The number of hydrogen-bond donors (Lipinski definition) is 1. The van der Waals surface area contributed by atoms with Crippen LogP contribution >= 0.6 is 0 Å². The molecular weight excluding hydrogens is 230 g/mol. The number of benzene rings is 1. The molecule has 0 saturated carbocycles. The topological polar surface area (TPSA) is 59.2 Å². The van der Waals surface area contributed by atoms with E-state index in [-0.39, 0.29) is 5.78 Å². The first-order valence-corrected chi connectivity index (χ1v) is 5.50. The van der Waals surface area contributed by atoms with Gasteiger partial charge in [-0.3, -0.25) is 4.79 Å². The van der Waals surface area contributed by atoms with Gasteiger partial charge in [0, 0.05) is 11.8 Å². The molecule has 0 spiro atoms. The monoisotopic (exact) mass is 243 g/mol. The molecule has 0 unspecified atom stereocenters. The van der Waals surface area contributed by atoms with Gasteiger partial charge in [0.15, 0.2) is 0 Å². The van der Waals surface area contributed by atoms with Crippen LogP contribution in [-0.2, 0) is 4.74 Å². The van der Waals surface area contributed by atoms with E-state index in [4.69, 9.17) is 0 Å². The van der Waals surface area contributed by atoms with E-state index in [1.165, 1.54) is 19.4 Å². The summed E-state index contributed by atoms with van der Waals surface area (Å²) in [5.41, 5.74) is 2.32. The van der Waals surface area contributed by atoms with Crippen molar-refractivity contribution in [3.63, 3.8) is 0 Å². The Kier molecular flexibility index (Phi) is 3.28. The molecule has 0 aliphatic rings. The summed E-state index contributed by atoms with van der Waals surface area (Å²) in [6, 6.07) is 8.80. The van der Waals surface area contributed by atoms with Gasteiger partial charge in [-0.25, -0.2) is 4.79 Å². The third-order valence-corrected chi connectivity index (χ3v) is 2.63. The van der Waals surface area contributed by atoms with Crippen LogP contribution in [0.1, 0.15) is 32.0 Å². The van der Waals surface area contributed by atoms with Gasteiger partial charge in [0.2, 0.25) is 5.78 Å². The van der Waals surface area contributed by atoms with Crippen LogP contribution in [0.2, 0.25) is 0 Å². The number of aromatic amines is 1. The van der Waals surface area contributed by atoms with Crippen LogP contribution in [0.5, 0.6) is 0 Å². The molecule has 2 rings (SSSR count). The molecule has 0 radical (unpaired) electrons. The Morgan fingerprint density at radius 1 is 1.17 bits per heavy atom. The number of ketones is 1. The molecule has 0 bridgehead atoms. The van der Waals surface area contributed by atoms with Crippen LogP contribution < -0.4 is 0 Å². The number of rotatable bonds is 3. The molecule has 92 valence electrons. The molecule has 18 heavy (non-hydrogen) atoms. The van der Waals surface area contributed by atoms with Gasteiger partial charge in [-0.15, -0.1) is 0 Å². The van der Waals surface area contributed by atoms with Crippen molar-refractivity contribution in [2.75, 3.05) is 7.11 Å². The Hall–Kier alpha value is -2.36. The number of carbonyl (C=O) groups excluding carboxylic acids is 2. The maximum Gasteiger partial charge on any atom is 0.339 e. The number of aromatic nitrogens is 1. The second-order valence-corrected chi connectivity index (χ2v) is 3.99. The number of nitrogens with one attached hydrogen (secondary N) is 1. The molecule has 0 aliphatic carbocycles. The number of hydrogen-bond acceptors (Lipinski definition) is 3. The Morgan fingerprint density at radius 2 is 1.94 bits per heavy atom. The average molecular weight is 243 g/mol. The molecule has 2 aromatic rings. The van der Waals surface area contributed by atoms with Crippen LogP contribution in [0.15, 0.2) is 36.5 Å². The van der Waals surface area contributed by atoms with Crippen molar-refractivity contribution in [1.82, 2.24) is 4.98 Å². The summed E-state index contributed by atoms with van der Waals surface area (Å²) in [5, 5.41) is 0. The van der Waals surface area contributed by atoms with E-state index in [2.05, 4.69) is 9.72 Å². The minimum atomic E-state index is -0.463. The lowest BCUT2D eigenvalue weighted by Gasteiger charge is -1.99. The van der Waals surface area contributed by atoms with Gasteiger partial charge in [-0.2, -0.15) is 0 Å². The number of aryl methyl sites for hydroxylation is 1. The number of H-pyrrole nitrogens is 1. The zero-order chi connectivity index (χ0) is 13.1. The van der Waals surface area contributed by atoms with Gasteiger partial charge in [-0.1, -0.05) is 23.8 Å². The van der Waals surface area contributed by atoms with Crippen LogP contribution in [-0.4, -0.2) is 23.8 Å². The van der Waals surface area contributed by atoms with Crippen LogP contribution in [0.25, 0.3) is 0 Å². The molecule has 1 aromatic heterocycles. The molecule has 0 aliphatic heterocycles. The highest BCUT2D eigenvalue weighted by atomic mass is 16.5. The largest absolute Gasteiger partial charge is 0.465 e. The number of carbonyl (C=O) groups is 2. The minimum absolute atomic E-state index is 0.145. The third kappa shape index (κ3) is 2.32. The van der Waals surface area contributed by atoms with E-state index in [9.17, 15) is 9.59 Å². The highest BCUT2D eigenvalue weighted by Gasteiger charge is 2.14. The Morgan fingerprint density at radius 3 is 2.61 bits per heavy atom. The zero-order valence-corrected chi connectivity index (χ0v) is 10.2. The molecular formula is C14H13NO3. The lowest BCUT2D eigenvalue weighted by Crippen LogP contribution is -2.02. The van der Waals surface area contributed by atoms with E-state index >= 15 is 0 Å². The van der Waals surface area contributed by atoms with Crippen LogP contribution in [0, 0.1) is 6.92 Å². The van der Waals surface area contributed by atoms with Gasteiger partial charge < -0.3 is 9.72 Å². The average Bonchev–Trinajstić information content (AvgIpc) is 2.86. The second-order valence-electron chi connectivity index (χ2n) is 3.99. The summed E-state index contributed by atoms with van der Waals surface area (Å²) in [6.07, 6.45) is 1.47. The summed E-state index contributed by atoms with van der Waals surface area (Å²) in [7, 11) is 1.30. The molecule has 1 N–H and O–H groups in total. The van der Waals surface area contributed by atoms with E-state index < -0.39 is 5.97 Å². The molecule has 1 heterocycles. The maximum absolute atomic E-state index is 12.1. The van der Waals surface area contributed by atoms with E-state index in [0.717, 1.165) is 5.56 Å². The summed E-state index contributed by atoms with van der Waals surface area (Å²) in [5.74, 6) is -0.608. The van der Waals surface area contributed by atoms with Gasteiger partial charge in [0.05, 0.1) is 18.4 Å². The summed E-state index contributed by atoms with van der Waals surface area (Å²) < 4.78 is 4.58. The van der Waals surface area contributed by atoms with Crippen molar-refractivity contribution in [1.29, 1.82) is 0 Å². The van der Waals surface area contributed by atoms with E-state index in [1.807, 2.05) is 19.1 Å². The first-order valence-electron chi connectivity index (χ1n) is 5.50. The van der Waals surface area contributed by atoms with Crippen molar-refractivity contribution in [3.8, 4) is 0 Å². The van der Waals surface area contributed by atoms with Crippen molar-refractivity contribution in [2.45, 2.75) is 6.92 Å². The molecule has 4 heteroatoms. The van der Waals surface area contributed by atoms with Crippen molar-refractivity contribution in [2.24, 2.45) is 0 Å². The summed E-state index contributed by atoms with van der Waals surface area (Å²) in [4.78, 5) is 26.2. The van der Waals surface area contributed by atoms with Gasteiger partial charge in [0.1, 0.15) is 0 Å². The Bertz CT molecular complexity index is 599. The second kappa shape index (κ2) is 4.87. The van der Waals surface area contributed by atoms with Gasteiger partial charge in [0.25, 0.3) is 0 Å². The van der Waals surface area contributed by atoms with E-state index in [1.54, 1.807) is 12.1 Å². The standard InChI is InChI=1S/C14H13NO3/c1-9-4-3-5-10(6-9)13(16)12-7-11(8-15-12)14(17)18-2/h3-8,15H,1-2H3. The third-order valence-electron chi connectivity index (χ3n) is 2.63. The Balaban J connectivity index is 2.29. The lowest BCUT2D eigenvalue weighted by atomic mass is 10.1. The SMILES string of the molecule is COC(=O)c1c[nH]c(C(=O)c2cccc(C)c2)c1. The molecule has 4 nitrogen and oxygen atoms in total. The van der Waals surface area contributed by atoms with Crippen molar-refractivity contribution < 1.29 is 14.3 Å². The number of ether oxygens (including phenoxy) is 1. The van der Waals surface area contributed by atoms with Crippen molar-refractivity contribution in [3.05, 3.63) is 58.9 Å². The van der Waals surface area contributed by atoms with Crippen LogP contribution in [0.4, 0.5) is 0 Å². The molecule has 0 atom stereocenters. The van der Waals surface area contributed by atoms with E-state index in [0.29, 0.717) is 16.8 Å². The predicted octanol–water partition coefficient (Wildman–Crippen LogP) is 2.34. The maximum atomic E-state index is 12.1. The fourth-order valence-electron chi connectivity index (χ4n) is 1.70. The summed E-state index contributed by atoms with van der Waals surface area (Å²) in [6.45, 7) is 1.92. The van der Waals surface area contributed by atoms with Crippen molar-refractivity contribution >= 4 is 11.8 Å². The molecule has 0 saturated heterocycles. The Labute approximate surface area is 105 Å². The highest BCUT2D eigenvalue weighted by Crippen LogP contribution is 2.12. The molecule has 0 amide bonds. The zero-order valence-electron chi connectivity index (χ0n) is 10.2. The van der Waals surface area contributed by atoms with Gasteiger partial charge in [-0.05, 0) is 19.1 Å². The predicted molar refractivity (Wildman–Crippen MR) is 66.7 cm³/mol. The summed E-state index contributed by atoms with van der Waals surface area (Å²) >= 11 is 0. The van der Waals surface area contributed by atoms with Gasteiger partial charge >= 0.3 is 5.97 Å². The lowest BCUT2D eigenvalue weighted by molar-refractivity contribution is 0.0601.